The molecule has 0 saturated carbocycles. The summed E-state index contributed by atoms with van der Waals surface area (Å²) >= 11 is 9.54. The first-order valence-corrected chi connectivity index (χ1v) is 10.2. The fourth-order valence-corrected chi connectivity index (χ4v) is 4.50. The van der Waals surface area contributed by atoms with E-state index in [0.29, 0.717) is 5.92 Å². The highest BCUT2D eigenvalue weighted by Crippen LogP contribution is 2.31. The third kappa shape index (κ3) is 3.85. The molecule has 3 aromatic rings. The fourth-order valence-electron chi connectivity index (χ4n) is 2.44. The van der Waals surface area contributed by atoms with Crippen LogP contribution in [0.2, 0.25) is 5.02 Å². The second-order valence-electron chi connectivity index (χ2n) is 5.86. The van der Waals surface area contributed by atoms with E-state index in [0.717, 1.165) is 33.9 Å². The molecular weight excluding hydrogens is 358 g/mol. The van der Waals surface area contributed by atoms with E-state index in [1.54, 1.807) is 23.1 Å². The van der Waals surface area contributed by atoms with Crippen LogP contribution in [0.25, 0.3) is 11.4 Å². The summed E-state index contributed by atoms with van der Waals surface area (Å²) in [6, 6.07) is 10.2. The molecule has 0 amide bonds. The molecule has 6 heteroatoms. The number of nitrogens with zero attached hydrogens (tertiary/aromatic N) is 3. The number of halogens is 1. The molecule has 0 spiro atoms. The molecule has 0 unspecified atom stereocenters. The maximum Gasteiger partial charge on any atom is 0.191 e. The molecule has 0 bridgehead atoms. The zero-order chi connectivity index (χ0) is 17.1. The van der Waals surface area contributed by atoms with Gasteiger partial charge in [0, 0.05) is 33.1 Å². The van der Waals surface area contributed by atoms with Gasteiger partial charge in [0.15, 0.2) is 11.0 Å². The summed E-state index contributed by atoms with van der Waals surface area (Å²) in [5.74, 6) is 2.33. The van der Waals surface area contributed by atoms with Crippen LogP contribution in [0.5, 0.6) is 0 Å². The first-order valence-electron chi connectivity index (χ1n) is 7.97. The van der Waals surface area contributed by atoms with Crippen molar-refractivity contribution in [1.29, 1.82) is 0 Å². The highest BCUT2D eigenvalue weighted by molar-refractivity contribution is 7.98. The minimum Gasteiger partial charge on any atom is -0.302 e. The highest BCUT2D eigenvalue weighted by Gasteiger charge is 2.15. The summed E-state index contributed by atoms with van der Waals surface area (Å²) in [5.41, 5.74) is 2.35. The lowest BCUT2D eigenvalue weighted by atomic mass is 10.1. The smallest absolute Gasteiger partial charge is 0.191 e. The standard InChI is InChI=1S/C18H20ClN3S2/c1-4-22-17(14-9-16(12(2)3)23-11-14)20-21-18(22)24-10-13-6-5-7-15(19)8-13/h5-9,11-12H,4,10H2,1-3H3. The predicted octanol–water partition coefficient (Wildman–Crippen LogP) is 6.10. The summed E-state index contributed by atoms with van der Waals surface area (Å²) < 4.78 is 2.18. The van der Waals surface area contributed by atoms with Crippen LogP contribution in [-0.4, -0.2) is 14.8 Å². The zero-order valence-corrected chi connectivity index (χ0v) is 16.4. The van der Waals surface area contributed by atoms with Gasteiger partial charge in [0.25, 0.3) is 0 Å². The molecule has 0 N–H and O–H groups in total. The molecule has 0 radical (unpaired) electrons. The third-order valence-corrected chi connectivity index (χ3v) is 6.24. The van der Waals surface area contributed by atoms with E-state index in [4.69, 9.17) is 11.6 Å². The van der Waals surface area contributed by atoms with Crippen LogP contribution >= 0.6 is 34.7 Å². The van der Waals surface area contributed by atoms with Crippen molar-refractivity contribution < 1.29 is 0 Å². The Labute approximate surface area is 156 Å². The monoisotopic (exact) mass is 377 g/mol. The Morgan fingerprint density at radius 1 is 1.25 bits per heavy atom. The van der Waals surface area contributed by atoms with Crippen LogP contribution in [0.3, 0.4) is 0 Å². The van der Waals surface area contributed by atoms with Gasteiger partial charge in [0.05, 0.1) is 0 Å². The molecule has 126 valence electrons. The van der Waals surface area contributed by atoms with Crippen molar-refractivity contribution >= 4 is 34.7 Å². The molecule has 3 nitrogen and oxygen atoms in total. The highest BCUT2D eigenvalue weighted by atomic mass is 35.5. The molecule has 1 aromatic carbocycles. The van der Waals surface area contributed by atoms with Gasteiger partial charge in [-0.15, -0.1) is 21.5 Å². The zero-order valence-electron chi connectivity index (χ0n) is 14.0. The number of rotatable bonds is 6. The number of aromatic nitrogens is 3. The van der Waals surface area contributed by atoms with Crippen LogP contribution < -0.4 is 0 Å². The topological polar surface area (TPSA) is 30.7 Å². The van der Waals surface area contributed by atoms with Gasteiger partial charge in [-0.1, -0.05) is 49.3 Å². The van der Waals surface area contributed by atoms with Crippen LogP contribution in [0, 0.1) is 0 Å². The van der Waals surface area contributed by atoms with Crippen molar-refractivity contribution in [2.24, 2.45) is 0 Å². The summed E-state index contributed by atoms with van der Waals surface area (Å²) in [4.78, 5) is 1.38. The molecule has 2 heterocycles. The average Bonchev–Trinajstić information content (AvgIpc) is 3.19. The lowest BCUT2D eigenvalue weighted by Crippen LogP contribution is -1.99. The first-order chi connectivity index (χ1) is 11.6. The number of hydrogen-bond donors (Lipinski definition) is 0. The molecule has 3 rings (SSSR count). The van der Waals surface area contributed by atoms with E-state index in [1.165, 1.54) is 10.4 Å². The number of hydrogen-bond acceptors (Lipinski definition) is 4. The van der Waals surface area contributed by atoms with Crippen LogP contribution in [-0.2, 0) is 12.3 Å². The molecular formula is C18H20ClN3S2. The quantitative estimate of drug-likeness (QED) is 0.486. The minimum absolute atomic E-state index is 0.540. The van der Waals surface area contributed by atoms with Crippen molar-refractivity contribution in [2.75, 3.05) is 0 Å². The Morgan fingerprint density at radius 2 is 2.08 bits per heavy atom. The maximum atomic E-state index is 6.06. The van der Waals surface area contributed by atoms with Gasteiger partial charge in [0.2, 0.25) is 0 Å². The SMILES string of the molecule is CCn1c(SCc2cccc(Cl)c2)nnc1-c1csc(C(C)C)c1. The van der Waals surface area contributed by atoms with Crippen LogP contribution in [0.1, 0.15) is 37.1 Å². The van der Waals surface area contributed by atoms with Crippen molar-refractivity contribution in [3.63, 3.8) is 0 Å². The van der Waals surface area contributed by atoms with E-state index >= 15 is 0 Å². The van der Waals surface area contributed by atoms with Crippen molar-refractivity contribution in [2.45, 2.75) is 44.1 Å². The molecule has 0 aliphatic rings. The van der Waals surface area contributed by atoms with Crippen molar-refractivity contribution in [3.8, 4) is 11.4 Å². The normalized spacial score (nSPS) is 11.4. The second-order valence-corrected chi connectivity index (χ2v) is 8.18. The predicted molar refractivity (Wildman–Crippen MR) is 104 cm³/mol. The molecule has 0 aliphatic carbocycles. The lowest BCUT2D eigenvalue weighted by molar-refractivity contribution is 0.687. The number of thiophene rings is 1. The number of benzene rings is 1. The van der Waals surface area contributed by atoms with Gasteiger partial charge in [-0.25, -0.2) is 0 Å². The number of thioether (sulfide) groups is 1. The lowest BCUT2D eigenvalue weighted by Gasteiger charge is -2.06. The third-order valence-electron chi connectivity index (χ3n) is 3.74. The van der Waals surface area contributed by atoms with E-state index in [2.05, 4.69) is 53.0 Å². The summed E-state index contributed by atoms with van der Waals surface area (Å²) in [5, 5.41) is 12.7. The van der Waals surface area contributed by atoms with E-state index < -0.39 is 0 Å². The van der Waals surface area contributed by atoms with E-state index in [9.17, 15) is 0 Å². The Balaban J connectivity index is 1.81. The molecule has 0 atom stereocenters. The fraction of sp³-hybridized carbons (Fsp3) is 0.333. The Bertz CT molecular complexity index is 823. The van der Waals surface area contributed by atoms with Crippen LogP contribution in [0.4, 0.5) is 0 Å². The van der Waals surface area contributed by atoms with Gasteiger partial charge in [0.1, 0.15) is 0 Å². The van der Waals surface area contributed by atoms with E-state index in [-0.39, 0.29) is 0 Å². The van der Waals surface area contributed by atoms with Gasteiger partial charge in [-0.2, -0.15) is 0 Å². The Morgan fingerprint density at radius 3 is 2.75 bits per heavy atom. The van der Waals surface area contributed by atoms with Gasteiger partial charge >= 0.3 is 0 Å². The van der Waals surface area contributed by atoms with Crippen molar-refractivity contribution in [1.82, 2.24) is 14.8 Å². The molecule has 0 fully saturated rings. The Hall–Kier alpha value is -1.30. The maximum absolute atomic E-state index is 6.06. The van der Waals surface area contributed by atoms with Gasteiger partial charge < -0.3 is 4.57 Å². The largest absolute Gasteiger partial charge is 0.302 e. The summed E-state index contributed by atoms with van der Waals surface area (Å²) in [6.07, 6.45) is 0. The first kappa shape index (κ1) is 17.5. The van der Waals surface area contributed by atoms with Gasteiger partial charge in [-0.05, 0) is 36.6 Å². The minimum atomic E-state index is 0.540. The molecule has 0 aliphatic heterocycles. The van der Waals surface area contributed by atoms with Crippen LogP contribution in [0.15, 0.2) is 40.9 Å². The average molecular weight is 378 g/mol. The second kappa shape index (κ2) is 7.72. The molecule has 24 heavy (non-hydrogen) atoms. The molecule has 2 aromatic heterocycles. The van der Waals surface area contributed by atoms with E-state index in [1.807, 2.05) is 18.2 Å². The molecule has 0 saturated heterocycles. The Kier molecular flexibility index (Phi) is 5.64. The summed E-state index contributed by atoms with van der Waals surface area (Å²) in [7, 11) is 0. The van der Waals surface area contributed by atoms with Crippen molar-refractivity contribution in [3.05, 3.63) is 51.2 Å². The summed E-state index contributed by atoms with van der Waals surface area (Å²) in [6.45, 7) is 7.41. The van der Waals surface area contributed by atoms with Gasteiger partial charge in [-0.3, -0.25) is 0 Å².